The summed E-state index contributed by atoms with van der Waals surface area (Å²) in [7, 11) is 0. The lowest BCUT2D eigenvalue weighted by Crippen LogP contribution is -2.07. The molecule has 1 aromatic carbocycles. The lowest BCUT2D eigenvalue weighted by molar-refractivity contribution is 0.612. The van der Waals surface area contributed by atoms with Crippen molar-refractivity contribution in [3.63, 3.8) is 0 Å². The smallest absolute Gasteiger partial charge is 0.203 e. The molecule has 0 spiro atoms. The normalized spacial score (nSPS) is 10.2. The fraction of sp³-hybridized carbons (Fsp3) is 0.154. The highest BCUT2D eigenvalue weighted by Crippen LogP contribution is 2.10. The van der Waals surface area contributed by atoms with E-state index in [1.165, 1.54) is 6.07 Å². The third-order valence-corrected chi connectivity index (χ3v) is 2.44. The van der Waals surface area contributed by atoms with Crippen molar-refractivity contribution in [2.75, 3.05) is 5.32 Å². The van der Waals surface area contributed by atoms with Gasteiger partial charge < -0.3 is 9.88 Å². The summed E-state index contributed by atoms with van der Waals surface area (Å²) in [5, 5.41) is 3.10. The quantitative estimate of drug-likeness (QED) is 0.802. The Kier molecular flexibility index (Phi) is 3.55. The van der Waals surface area contributed by atoms with Crippen LogP contribution in [0.2, 0.25) is 0 Å². The number of benzene rings is 1. The Labute approximate surface area is 99.6 Å². The molecule has 2 aromatic rings. The van der Waals surface area contributed by atoms with E-state index < -0.39 is 0 Å². The predicted octanol–water partition coefficient (Wildman–Crippen LogP) is 2.82. The number of imidazole rings is 1. The Hall–Kier alpha value is -2.10. The van der Waals surface area contributed by atoms with Gasteiger partial charge in [-0.05, 0) is 6.07 Å². The summed E-state index contributed by atoms with van der Waals surface area (Å²) >= 11 is 0. The molecule has 0 saturated heterocycles. The van der Waals surface area contributed by atoms with Gasteiger partial charge in [-0.1, -0.05) is 24.3 Å². The maximum absolute atomic E-state index is 13.4. The van der Waals surface area contributed by atoms with Crippen LogP contribution in [0.4, 0.5) is 10.3 Å². The maximum atomic E-state index is 13.4. The number of allylic oxidation sites excluding steroid dienone is 1. The van der Waals surface area contributed by atoms with Crippen LogP contribution in [0.25, 0.3) is 0 Å². The number of halogens is 1. The number of nitrogens with one attached hydrogen (secondary N) is 1. The van der Waals surface area contributed by atoms with E-state index in [0.29, 0.717) is 24.6 Å². The first-order valence-electron chi connectivity index (χ1n) is 5.40. The van der Waals surface area contributed by atoms with Gasteiger partial charge in [0, 0.05) is 31.0 Å². The topological polar surface area (TPSA) is 29.9 Å². The second-order valence-electron chi connectivity index (χ2n) is 3.64. The zero-order valence-electron chi connectivity index (χ0n) is 9.44. The molecule has 0 amide bonds. The van der Waals surface area contributed by atoms with Crippen molar-refractivity contribution >= 4 is 5.95 Å². The van der Waals surface area contributed by atoms with Crippen LogP contribution >= 0.6 is 0 Å². The van der Waals surface area contributed by atoms with E-state index in [1.807, 2.05) is 16.8 Å². The largest absolute Gasteiger partial charge is 0.351 e. The van der Waals surface area contributed by atoms with Gasteiger partial charge >= 0.3 is 0 Å². The lowest BCUT2D eigenvalue weighted by atomic mass is 10.2. The van der Waals surface area contributed by atoms with Crippen LogP contribution in [0.3, 0.4) is 0 Å². The molecule has 0 aliphatic heterocycles. The molecule has 1 N–H and O–H groups in total. The minimum atomic E-state index is -0.207. The molecule has 0 bridgehead atoms. The van der Waals surface area contributed by atoms with Crippen molar-refractivity contribution in [3.8, 4) is 0 Å². The number of nitrogens with zero attached hydrogens (tertiary/aromatic N) is 2. The Balaban J connectivity index is 2.05. The van der Waals surface area contributed by atoms with E-state index in [4.69, 9.17) is 0 Å². The van der Waals surface area contributed by atoms with Gasteiger partial charge in [-0.3, -0.25) is 0 Å². The van der Waals surface area contributed by atoms with E-state index in [0.717, 1.165) is 0 Å². The molecule has 1 heterocycles. The van der Waals surface area contributed by atoms with Gasteiger partial charge in [0.05, 0.1) is 0 Å². The van der Waals surface area contributed by atoms with Gasteiger partial charge in [-0.2, -0.15) is 0 Å². The van der Waals surface area contributed by atoms with E-state index in [-0.39, 0.29) is 5.82 Å². The van der Waals surface area contributed by atoms with Crippen molar-refractivity contribution in [2.45, 2.75) is 13.1 Å². The summed E-state index contributed by atoms with van der Waals surface area (Å²) in [6.45, 7) is 4.77. The second kappa shape index (κ2) is 5.30. The fourth-order valence-corrected chi connectivity index (χ4v) is 1.58. The Bertz CT molecular complexity index is 505. The standard InChI is InChI=1S/C13H14FN3/c1-2-8-17-9-7-15-13(17)16-10-11-5-3-4-6-12(11)14/h2-7,9H,1,8,10H2,(H,15,16). The van der Waals surface area contributed by atoms with Crippen LogP contribution < -0.4 is 5.32 Å². The molecule has 0 unspecified atom stereocenters. The molecule has 0 saturated carbocycles. The van der Waals surface area contributed by atoms with E-state index in [1.54, 1.807) is 24.4 Å². The first-order valence-corrected chi connectivity index (χ1v) is 5.40. The van der Waals surface area contributed by atoms with E-state index in [9.17, 15) is 4.39 Å². The Morgan fingerprint density at radius 1 is 1.41 bits per heavy atom. The summed E-state index contributed by atoms with van der Waals surface area (Å²) in [6.07, 6.45) is 5.34. The van der Waals surface area contributed by atoms with Crippen molar-refractivity contribution < 1.29 is 4.39 Å². The summed E-state index contributed by atoms with van der Waals surface area (Å²) in [4.78, 5) is 4.16. The van der Waals surface area contributed by atoms with Crippen LogP contribution in [0.15, 0.2) is 49.3 Å². The third-order valence-electron chi connectivity index (χ3n) is 2.44. The number of hydrogen-bond donors (Lipinski definition) is 1. The average molecular weight is 231 g/mol. The first kappa shape index (κ1) is 11.4. The lowest BCUT2D eigenvalue weighted by Gasteiger charge is -2.08. The molecule has 17 heavy (non-hydrogen) atoms. The molecule has 88 valence electrons. The van der Waals surface area contributed by atoms with Gasteiger partial charge in [0.1, 0.15) is 5.82 Å². The summed E-state index contributed by atoms with van der Waals surface area (Å²) in [5.74, 6) is 0.509. The second-order valence-corrected chi connectivity index (χ2v) is 3.64. The minimum Gasteiger partial charge on any atom is -0.351 e. The highest BCUT2D eigenvalue weighted by molar-refractivity contribution is 5.29. The van der Waals surface area contributed by atoms with Gasteiger partial charge in [0.2, 0.25) is 5.95 Å². The molecule has 0 aliphatic rings. The SMILES string of the molecule is C=CCn1ccnc1NCc1ccccc1F. The molecule has 2 rings (SSSR count). The van der Waals surface area contributed by atoms with Crippen LogP contribution in [-0.2, 0) is 13.1 Å². The molecule has 0 aliphatic carbocycles. The number of hydrogen-bond acceptors (Lipinski definition) is 2. The molecule has 0 fully saturated rings. The zero-order valence-corrected chi connectivity index (χ0v) is 9.44. The average Bonchev–Trinajstić information content (AvgIpc) is 2.76. The van der Waals surface area contributed by atoms with Gasteiger partial charge in [-0.15, -0.1) is 6.58 Å². The minimum absolute atomic E-state index is 0.207. The van der Waals surface area contributed by atoms with Crippen molar-refractivity contribution in [2.24, 2.45) is 0 Å². The summed E-state index contributed by atoms with van der Waals surface area (Å²) in [6, 6.07) is 6.70. The molecule has 3 nitrogen and oxygen atoms in total. The van der Waals surface area contributed by atoms with Crippen molar-refractivity contribution in [3.05, 3.63) is 60.7 Å². The Morgan fingerprint density at radius 2 is 2.24 bits per heavy atom. The van der Waals surface area contributed by atoms with Crippen molar-refractivity contribution in [1.29, 1.82) is 0 Å². The molecule has 1 aromatic heterocycles. The number of aromatic nitrogens is 2. The van der Waals surface area contributed by atoms with E-state index in [2.05, 4.69) is 16.9 Å². The van der Waals surface area contributed by atoms with Crippen LogP contribution in [0.1, 0.15) is 5.56 Å². The maximum Gasteiger partial charge on any atom is 0.203 e. The van der Waals surface area contributed by atoms with E-state index >= 15 is 0 Å². The summed E-state index contributed by atoms with van der Waals surface area (Å²) < 4.78 is 15.3. The molecular formula is C13H14FN3. The van der Waals surface area contributed by atoms with Crippen LogP contribution in [0, 0.1) is 5.82 Å². The third kappa shape index (κ3) is 2.72. The van der Waals surface area contributed by atoms with Gasteiger partial charge in [0.25, 0.3) is 0 Å². The van der Waals surface area contributed by atoms with Gasteiger partial charge in [0.15, 0.2) is 0 Å². The molecular weight excluding hydrogens is 217 g/mol. The van der Waals surface area contributed by atoms with Crippen LogP contribution in [-0.4, -0.2) is 9.55 Å². The number of anilines is 1. The fourth-order valence-electron chi connectivity index (χ4n) is 1.58. The molecule has 4 heteroatoms. The first-order chi connectivity index (χ1) is 8.31. The summed E-state index contributed by atoms with van der Waals surface area (Å²) in [5.41, 5.74) is 0.626. The zero-order chi connectivity index (χ0) is 12.1. The monoisotopic (exact) mass is 231 g/mol. The van der Waals surface area contributed by atoms with Crippen LogP contribution in [0.5, 0.6) is 0 Å². The number of rotatable bonds is 5. The molecule has 0 radical (unpaired) electrons. The predicted molar refractivity (Wildman–Crippen MR) is 66.2 cm³/mol. The Morgan fingerprint density at radius 3 is 3.00 bits per heavy atom. The van der Waals surface area contributed by atoms with Gasteiger partial charge in [-0.25, -0.2) is 9.37 Å². The van der Waals surface area contributed by atoms with Crippen molar-refractivity contribution in [1.82, 2.24) is 9.55 Å². The highest BCUT2D eigenvalue weighted by Gasteiger charge is 2.03. The molecule has 0 atom stereocenters. The highest BCUT2D eigenvalue weighted by atomic mass is 19.1.